The Bertz CT molecular complexity index is 283. The van der Waals surface area contributed by atoms with Crippen LogP contribution in [-0.4, -0.2) is 15.1 Å². The highest BCUT2D eigenvalue weighted by Crippen LogP contribution is 2.83. The summed E-state index contributed by atoms with van der Waals surface area (Å²) in [5.74, 6) is 7.48. The molecule has 13 heavy (non-hydrogen) atoms. The maximum Gasteiger partial charge on any atom is 0.0608 e. The molecule has 2 unspecified atom stereocenters. The Hall–Kier alpha value is 0.690. The topological polar surface area (TPSA) is 20.2 Å². The summed E-state index contributed by atoms with van der Waals surface area (Å²) in [5, 5.41) is 10.2. The summed E-state index contributed by atoms with van der Waals surface area (Å²) in [6.45, 7) is 0. The molecule has 0 aromatic heterocycles. The number of hydrogen-bond donors (Lipinski definition) is 1. The van der Waals surface area contributed by atoms with Gasteiger partial charge < -0.3 is 5.11 Å². The van der Waals surface area contributed by atoms with Gasteiger partial charge in [0, 0.05) is 3.92 Å². The van der Waals surface area contributed by atoms with E-state index >= 15 is 0 Å². The van der Waals surface area contributed by atoms with Gasteiger partial charge in [-0.25, -0.2) is 0 Å². The molecule has 2 heteroatoms. The predicted molar refractivity (Wildman–Crippen MR) is 56.4 cm³/mol. The molecule has 0 aromatic rings. The van der Waals surface area contributed by atoms with E-state index < -0.39 is 0 Å². The van der Waals surface area contributed by atoms with E-state index in [1.807, 2.05) is 0 Å². The van der Waals surface area contributed by atoms with Crippen molar-refractivity contribution < 1.29 is 5.11 Å². The lowest BCUT2D eigenvalue weighted by Crippen LogP contribution is -2.30. The van der Waals surface area contributed by atoms with Gasteiger partial charge in [0.05, 0.1) is 6.10 Å². The van der Waals surface area contributed by atoms with Crippen molar-refractivity contribution in [3.8, 4) is 0 Å². The van der Waals surface area contributed by atoms with E-state index in [1.165, 1.54) is 6.42 Å². The first-order valence-corrected chi connectivity index (χ1v) is 6.87. The molecular formula is C11H13IO. The first-order valence-electron chi connectivity index (χ1n) is 5.63. The van der Waals surface area contributed by atoms with Gasteiger partial charge in [-0.3, -0.25) is 0 Å². The Kier molecular flexibility index (Phi) is 0.936. The van der Waals surface area contributed by atoms with Crippen LogP contribution in [0.25, 0.3) is 0 Å². The standard InChI is InChI=1S/C11H13IO/c12-10-6-2-1-3-4(6)9-8(10)5(2)7(3)11(9)13/h2-11,13H,1H2/t2-,3-,4?,5?,6+,7+,8+,9-,10+,11-/m1/s1. The van der Waals surface area contributed by atoms with Gasteiger partial charge in [-0.2, -0.15) is 0 Å². The summed E-state index contributed by atoms with van der Waals surface area (Å²) in [4.78, 5) is 0. The van der Waals surface area contributed by atoms with Crippen LogP contribution < -0.4 is 0 Å². The van der Waals surface area contributed by atoms with Gasteiger partial charge in [0.1, 0.15) is 0 Å². The summed E-state index contributed by atoms with van der Waals surface area (Å²) in [5.41, 5.74) is 0. The normalized spacial score (nSPS) is 85.4. The van der Waals surface area contributed by atoms with Crippen LogP contribution >= 0.6 is 22.6 Å². The van der Waals surface area contributed by atoms with Crippen molar-refractivity contribution in [1.29, 1.82) is 0 Å². The van der Waals surface area contributed by atoms with Crippen molar-refractivity contribution in [3.05, 3.63) is 0 Å². The number of aliphatic hydroxyl groups excluding tert-OH is 1. The van der Waals surface area contributed by atoms with Crippen LogP contribution in [0.1, 0.15) is 6.42 Å². The Balaban J connectivity index is 1.86. The van der Waals surface area contributed by atoms with Gasteiger partial charge in [0.25, 0.3) is 0 Å². The Morgan fingerprint density at radius 3 is 2.31 bits per heavy atom. The third kappa shape index (κ3) is 0.451. The molecule has 0 heterocycles. The molecule has 6 aliphatic rings. The second-order valence-corrected chi connectivity index (χ2v) is 7.40. The Labute approximate surface area is 91.4 Å². The molecule has 0 aliphatic heterocycles. The van der Waals surface area contributed by atoms with Crippen LogP contribution in [0.2, 0.25) is 0 Å². The number of hydrogen-bond acceptors (Lipinski definition) is 1. The first-order chi connectivity index (χ1) is 6.30. The molecule has 0 spiro atoms. The smallest absolute Gasteiger partial charge is 0.0608 e. The van der Waals surface area contributed by atoms with Gasteiger partial charge in [-0.15, -0.1) is 0 Å². The molecule has 0 amide bonds. The van der Waals surface area contributed by atoms with E-state index in [9.17, 15) is 5.11 Å². The summed E-state index contributed by atoms with van der Waals surface area (Å²) in [7, 11) is 0. The zero-order valence-corrected chi connectivity index (χ0v) is 9.46. The number of halogens is 1. The van der Waals surface area contributed by atoms with Crippen LogP contribution in [0.15, 0.2) is 0 Å². The van der Waals surface area contributed by atoms with Gasteiger partial charge in [0.15, 0.2) is 0 Å². The van der Waals surface area contributed by atoms with E-state index in [2.05, 4.69) is 22.6 Å². The van der Waals surface area contributed by atoms with Crippen LogP contribution in [-0.2, 0) is 0 Å². The van der Waals surface area contributed by atoms with Crippen LogP contribution in [0.5, 0.6) is 0 Å². The minimum atomic E-state index is 0.125. The van der Waals surface area contributed by atoms with E-state index in [0.717, 1.165) is 51.3 Å². The van der Waals surface area contributed by atoms with E-state index in [-0.39, 0.29) is 6.10 Å². The zero-order chi connectivity index (χ0) is 8.48. The van der Waals surface area contributed by atoms with Crippen molar-refractivity contribution in [2.75, 3.05) is 0 Å². The van der Waals surface area contributed by atoms with Crippen LogP contribution in [0.3, 0.4) is 0 Å². The summed E-state index contributed by atoms with van der Waals surface area (Å²) in [6, 6.07) is 0. The number of rotatable bonds is 0. The molecule has 6 bridgehead atoms. The third-order valence-electron chi connectivity index (χ3n) is 6.27. The fraction of sp³-hybridized carbons (Fsp3) is 1.00. The SMILES string of the molecule is O[C@H]1[C@@H]2C3[C@H]4[C@H](I)[C@H]2C2[C@@H]1[C@@H]3C[C@H]24. The zero-order valence-electron chi connectivity index (χ0n) is 7.31. The van der Waals surface area contributed by atoms with Crippen LogP contribution in [0.4, 0.5) is 0 Å². The van der Waals surface area contributed by atoms with E-state index in [4.69, 9.17) is 0 Å². The highest BCUT2D eigenvalue weighted by Gasteiger charge is 2.82. The maximum absolute atomic E-state index is 10.2. The van der Waals surface area contributed by atoms with E-state index in [0.29, 0.717) is 0 Å². The summed E-state index contributed by atoms with van der Waals surface area (Å²) in [6.07, 6.45) is 1.62. The maximum atomic E-state index is 10.2. The van der Waals surface area contributed by atoms with Crippen molar-refractivity contribution in [1.82, 2.24) is 0 Å². The van der Waals surface area contributed by atoms with Gasteiger partial charge in [0.2, 0.25) is 0 Å². The average Bonchev–Trinajstić information content (AvgIpc) is 2.78. The molecule has 6 aliphatic carbocycles. The first kappa shape index (κ1) is 7.04. The Morgan fingerprint density at radius 1 is 0.846 bits per heavy atom. The predicted octanol–water partition coefficient (Wildman–Crippen LogP) is 1.54. The van der Waals surface area contributed by atoms with Crippen LogP contribution in [0, 0.1) is 47.3 Å². The van der Waals surface area contributed by atoms with Gasteiger partial charge in [-0.1, -0.05) is 22.6 Å². The van der Waals surface area contributed by atoms with Gasteiger partial charge in [-0.05, 0) is 53.8 Å². The highest BCUT2D eigenvalue weighted by molar-refractivity contribution is 14.1. The summed E-state index contributed by atoms with van der Waals surface area (Å²) >= 11 is 2.70. The van der Waals surface area contributed by atoms with Crippen molar-refractivity contribution in [2.45, 2.75) is 16.4 Å². The molecule has 0 aromatic carbocycles. The highest BCUT2D eigenvalue weighted by atomic mass is 127. The van der Waals surface area contributed by atoms with E-state index in [1.54, 1.807) is 0 Å². The molecule has 6 fully saturated rings. The minimum Gasteiger partial charge on any atom is -0.393 e. The minimum absolute atomic E-state index is 0.125. The quantitative estimate of drug-likeness (QED) is 0.529. The molecule has 10 atom stereocenters. The van der Waals surface area contributed by atoms with Gasteiger partial charge >= 0.3 is 0 Å². The molecule has 1 nitrogen and oxygen atoms in total. The second kappa shape index (κ2) is 1.73. The monoisotopic (exact) mass is 288 g/mol. The molecular weight excluding hydrogens is 275 g/mol. The molecule has 1 N–H and O–H groups in total. The van der Waals surface area contributed by atoms with Crippen molar-refractivity contribution in [2.24, 2.45) is 47.3 Å². The molecule has 70 valence electrons. The Morgan fingerprint density at radius 2 is 1.54 bits per heavy atom. The molecule has 6 saturated carbocycles. The molecule has 6 rings (SSSR count). The van der Waals surface area contributed by atoms with Crippen molar-refractivity contribution in [3.63, 3.8) is 0 Å². The largest absolute Gasteiger partial charge is 0.393 e. The lowest BCUT2D eigenvalue weighted by Gasteiger charge is -2.33. The summed E-state index contributed by atoms with van der Waals surface area (Å²) < 4.78 is 0.940. The lowest BCUT2D eigenvalue weighted by atomic mass is 9.71. The second-order valence-electron chi connectivity index (χ2n) is 5.96. The van der Waals surface area contributed by atoms with Crippen molar-refractivity contribution >= 4 is 22.6 Å². The molecule has 0 radical (unpaired) electrons. The number of alkyl halides is 1. The lowest BCUT2D eigenvalue weighted by molar-refractivity contribution is 0.116. The number of aliphatic hydroxyl groups is 1. The molecule has 0 saturated heterocycles. The third-order valence-corrected chi connectivity index (χ3v) is 7.93. The average molecular weight is 288 g/mol. The fourth-order valence-corrected chi connectivity index (χ4v) is 8.49. The fourth-order valence-electron chi connectivity index (χ4n) is 6.52.